The molecule has 0 radical (unpaired) electrons. The van der Waals surface area contributed by atoms with Gasteiger partial charge in [0.2, 0.25) is 16.8 Å². The molecular formula is C21H15Cl2FN2O5S. The van der Waals surface area contributed by atoms with Crippen molar-refractivity contribution < 1.29 is 27.1 Å². The fourth-order valence-corrected chi connectivity index (χ4v) is 4.46. The van der Waals surface area contributed by atoms with Gasteiger partial charge in [-0.05, 0) is 54.1 Å². The Bertz CT molecular complexity index is 1320. The number of ether oxygens (including phenoxy) is 2. The zero-order chi connectivity index (χ0) is 22.9. The number of rotatable bonds is 6. The molecule has 11 heteroatoms. The summed E-state index contributed by atoms with van der Waals surface area (Å²) in [7, 11) is -4.01. The molecule has 3 aromatic rings. The lowest BCUT2D eigenvalue weighted by atomic mass is 10.2. The number of anilines is 1. The molecule has 1 heterocycles. The standard InChI is InChI=1S/C21H15Cl2FN2O5S/c22-13-2-4-15(16(23)8-13)21(27)26-18-5-3-14(9-17(18)24)32(28,29)25-10-12-1-6-19-20(7-12)31-11-30-19/h1-9,25H,10-11H2,(H,26,27). The van der Waals surface area contributed by atoms with Crippen LogP contribution in [0.1, 0.15) is 15.9 Å². The van der Waals surface area contributed by atoms with Crippen LogP contribution in [0, 0.1) is 5.82 Å². The summed E-state index contributed by atoms with van der Waals surface area (Å²) in [4.78, 5) is 12.1. The fourth-order valence-electron chi connectivity index (χ4n) is 2.94. The number of carbonyl (C=O) groups excluding carboxylic acids is 1. The second kappa shape index (κ2) is 8.95. The molecule has 0 saturated heterocycles. The summed E-state index contributed by atoms with van der Waals surface area (Å²) in [6.45, 7) is 0.0745. The lowest BCUT2D eigenvalue weighted by molar-refractivity contribution is 0.102. The molecule has 3 aromatic carbocycles. The van der Waals surface area contributed by atoms with Crippen molar-refractivity contribution in [1.29, 1.82) is 0 Å². The van der Waals surface area contributed by atoms with E-state index in [4.69, 9.17) is 32.7 Å². The van der Waals surface area contributed by atoms with Crippen LogP contribution in [0.5, 0.6) is 11.5 Å². The molecule has 0 atom stereocenters. The van der Waals surface area contributed by atoms with E-state index < -0.39 is 21.7 Å². The van der Waals surface area contributed by atoms with Crippen LogP contribution in [0.15, 0.2) is 59.5 Å². The predicted octanol–water partition coefficient (Wildman–Crippen LogP) is 4.59. The van der Waals surface area contributed by atoms with Crippen molar-refractivity contribution in [2.24, 2.45) is 0 Å². The number of fused-ring (bicyclic) bond motifs is 1. The van der Waals surface area contributed by atoms with E-state index in [0.29, 0.717) is 22.1 Å². The molecule has 32 heavy (non-hydrogen) atoms. The van der Waals surface area contributed by atoms with Gasteiger partial charge in [-0.15, -0.1) is 0 Å². The highest BCUT2D eigenvalue weighted by molar-refractivity contribution is 7.89. The minimum Gasteiger partial charge on any atom is -0.454 e. The second-order valence-electron chi connectivity index (χ2n) is 6.73. The van der Waals surface area contributed by atoms with Crippen molar-refractivity contribution in [3.8, 4) is 11.5 Å². The molecule has 0 unspecified atom stereocenters. The molecule has 7 nitrogen and oxygen atoms in total. The van der Waals surface area contributed by atoms with E-state index in [1.54, 1.807) is 18.2 Å². The molecular weight excluding hydrogens is 482 g/mol. The van der Waals surface area contributed by atoms with Crippen LogP contribution in [0.3, 0.4) is 0 Å². The van der Waals surface area contributed by atoms with Crippen molar-refractivity contribution in [2.45, 2.75) is 11.4 Å². The highest BCUT2D eigenvalue weighted by atomic mass is 35.5. The molecule has 4 rings (SSSR count). The molecule has 0 saturated carbocycles. The van der Waals surface area contributed by atoms with Crippen LogP contribution >= 0.6 is 23.2 Å². The average molecular weight is 497 g/mol. The van der Waals surface area contributed by atoms with Gasteiger partial charge in [0.15, 0.2) is 11.5 Å². The van der Waals surface area contributed by atoms with E-state index in [1.807, 2.05) is 0 Å². The van der Waals surface area contributed by atoms with Gasteiger partial charge in [-0.3, -0.25) is 4.79 Å². The Labute approximate surface area is 193 Å². The van der Waals surface area contributed by atoms with Crippen LogP contribution in [0.25, 0.3) is 0 Å². The molecule has 2 N–H and O–H groups in total. The van der Waals surface area contributed by atoms with Gasteiger partial charge < -0.3 is 14.8 Å². The van der Waals surface area contributed by atoms with E-state index in [1.165, 1.54) is 24.3 Å². The Morgan fingerprint density at radius 3 is 2.53 bits per heavy atom. The minimum atomic E-state index is -4.01. The van der Waals surface area contributed by atoms with E-state index in [0.717, 1.165) is 12.1 Å². The maximum absolute atomic E-state index is 14.5. The van der Waals surface area contributed by atoms with Crippen molar-refractivity contribution in [2.75, 3.05) is 12.1 Å². The quantitative estimate of drug-likeness (QED) is 0.520. The van der Waals surface area contributed by atoms with Crippen molar-refractivity contribution in [1.82, 2.24) is 4.72 Å². The third-order valence-electron chi connectivity index (χ3n) is 4.58. The number of hydrogen-bond acceptors (Lipinski definition) is 5. The summed E-state index contributed by atoms with van der Waals surface area (Å²) in [5.41, 5.74) is 0.537. The summed E-state index contributed by atoms with van der Waals surface area (Å²) < 4.78 is 52.6. The summed E-state index contributed by atoms with van der Waals surface area (Å²) in [5, 5.41) is 2.81. The van der Waals surface area contributed by atoms with Gasteiger partial charge in [-0.25, -0.2) is 17.5 Å². The molecule has 0 bridgehead atoms. The van der Waals surface area contributed by atoms with Gasteiger partial charge in [0, 0.05) is 11.6 Å². The third kappa shape index (κ3) is 4.81. The van der Waals surface area contributed by atoms with Gasteiger partial charge in [0.1, 0.15) is 5.82 Å². The zero-order valence-electron chi connectivity index (χ0n) is 16.2. The predicted molar refractivity (Wildman–Crippen MR) is 117 cm³/mol. The number of carbonyl (C=O) groups is 1. The lowest BCUT2D eigenvalue weighted by Crippen LogP contribution is -2.23. The molecule has 166 valence electrons. The molecule has 0 spiro atoms. The number of amides is 1. The first-order chi connectivity index (χ1) is 15.2. The van der Waals surface area contributed by atoms with E-state index >= 15 is 0 Å². The number of nitrogens with one attached hydrogen (secondary N) is 2. The van der Waals surface area contributed by atoms with E-state index in [-0.39, 0.29) is 34.5 Å². The maximum atomic E-state index is 14.5. The summed E-state index contributed by atoms with van der Waals surface area (Å²) in [6.07, 6.45) is 0. The summed E-state index contributed by atoms with van der Waals surface area (Å²) in [6, 6.07) is 12.4. The van der Waals surface area contributed by atoms with Crippen LogP contribution in [-0.4, -0.2) is 21.1 Å². The smallest absolute Gasteiger partial charge is 0.257 e. The highest BCUT2D eigenvalue weighted by Crippen LogP contribution is 2.32. The Morgan fingerprint density at radius 2 is 1.78 bits per heavy atom. The van der Waals surface area contributed by atoms with Crippen LogP contribution in [-0.2, 0) is 16.6 Å². The number of sulfonamides is 1. The molecule has 0 aromatic heterocycles. The summed E-state index contributed by atoms with van der Waals surface area (Å²) in [5.74, 6) is -0.485. The fraction of sp³-hybridized carbons (Fsp3) is 0.0952. The van der Waals surface area contributed by atoms with Gasteiger partial charge in [0.05, 0.1) is 21.2 Å². The van der Waals surface area contributed by atoms with Gasteiger partial charge in [0.25, 0.3) is 5.91 Å². The average Bonchev–Trinajstić information content (AvgIpc) is 3.21. The Kier molecular flexibility index (Phi) is 6.25. The first-order valence-electron chi connectivity index (χ1n) is 9.17. The van der Waals surface area contributed by atoms with Crippen LogP contribution < -0.4 is 19.5 Å². The Balaban J connectivity index is 1.46. The molecule has 1 aliphatic heterocycles. The van der Waals surface area contributed by atoms with E-state index in [9.17, 15) is 17.6 Å². The largest absolute Gasteiger partial charge is 0.454 e. The zero-order valence-corrected chi connectivity index (χ0v) is 18.5. The number of hydrogen-bond donors (Lipinski definition) is 2. The van der Waals surface area contributed by atoms with Crippen LogP contribution in [0.2, 0.25) is 10.0 Å². The third-order valence-corrected chi connectivity index (χ3v) is 6.52. The van der Waals surface area contributed by atoms with Crippen molar-refractivity contribution in [3.63, 3.8) is 0 Å². The minimum absolute atomic E-state index is 0.0336. The monoisotopic (exact) mass is 496 g/mol. The van der Waals surface area contributed by atoms with Crippen molar-refractivity contribution >= 4 is 44.8 Å². The first-order valence-corrected chi connectivity index (χ1v) is 11.4. The SMILES string of the molecule is O=C(Nc1ccc(S(=O)(=O)NCc2ccc3c(c2)OCO3)cc1F)c1ccc(Cl)cc1Cl. The van der Waals surface area contributed by atoms with Gasteiger partial charge in [-0.2, -0.15) is 0 Å². The van der Waals surface area contributed by atoms with Crippen LogP contribution in [0.4, 0.5) is 10.1 Å². The molecule has 0 aliphatic carbocycles. The number of benzene rings is 3. The molecule has 1 amide bonds. The summed E-state index contributed by atoms with van der Waals surface area (Å²) >= 11 is 11.8. The lowest BCUT2D eigenvalue weighted by Gasteiger charge is -2.11. The number of halogens is 3. The Hall–Kier alpha value is -2.85. The maximum Gasteiger partial charge on any atom is 0.257 e. The first kappa shape index (κ1) is 22.3. The molecule has 0 fully saturated rings. The van der Waals surface area contributed by atoms with Gasteiger partial charge >= 0.3 is 0 Å². The van der Waals surface area contributed by atoms with Gasteiger partial charge in [-0.1, -0.05) is 29.3 Å². The topological polar surface area (TPSA) is 93.7 Å². The normalized spacial score (nSPS) is 12.6. The Morgan fingerprint density at radius 1 is 1.00 bits per heavy atom. The molecule has 1 aliphatic rings. The van der Waals surface area contributed by atoms with E-state index in [2.05, 4.69) is 10.0 Å². The highest BCUT2D eigenvalue weighted by Gasteiger charge is 2.19. The second-order valence-corrected chi connectivity index (χ2v) is 9.34. The van der Waals surface area contributed by atoms with Crippen molar-refractivity contribution in [3.05, 3.63) is 81.6 Å².